The van der Waals surface area contributed by atoms with Gasteiger partial charge >= 0.3 is 6.18 Å². The summed E-state index contributed by atoms with van der Waals surface area (Å²) < 4.78 is 49.9. The van der Waals surface area contributed by atoms with Crippen LogP contribution < -0.4 is 0 Å². The molecule has 0 bridgehead atoms. The molecule has 0 aliphatic heterocycles. The minimum Gasteiger partial charge on any atom is -0.393 e. The van der Waals surface area contributed by atoms with Gasteiger partial charge in [-0.25, -0.2) is 4.39 Å². The van der Waals surface area contributed by atoms with E-state index in [9.17, 15) is 17.6 Å². The molecule has 0 aliphatic rings. The van der Waals surface area contributed by atoms with Gasteiger partial charge in [-0.15, -0.1) is 0 Å². The fourth-order valence-electron chi connectivity index (χ4n) is 1.29. The summed E-state index contributed by atoms with van der Waals surface area (Å²) in [6, 6.07) is 2.44. The van der Waals surface area contributed by atoms with Crippen molar-refractivity contribution < 1.29 is 22.7 Å². The van der Waals surface area contributed by atoms with E-state index in [2.05, 4.69) is 0 Å². The second-order valence-corrected chi connectivity index (χ2v) is 3.69. The van der Waals surface area contributed by atoms with E-state index >= 15 is 0 Å². The number of aliphatic hydroxyl groups excluding tert-OH is 1. The number of aryl methyl sites for hydroxylation is 1. The van der Waals surface area contributed by atoms with E-state index in [1.807, 2.05) is 0 Å². The van der Waals surface area contributed by atoms with E-state index in [1.165, 1.54) is 0 Å². The summed E-state index contributed by atoms with van der Waals surface area (Å²) in [6.45, 7) is 1.54. The van der Waals surface area contributed by atoms with Crippen molar-refractivity contribution in [3.63, 3.8) is 0 Å². The van der Waals surface area contributed by atoms with E-state index < -0.39 is 23.7 Å². The number of benzene rings is 1. The average molecular weight is 236 g/mol. The molecule has 0 radical (unpaired) electrons. The summed E-state index contributed by atoms with van der Waals surface area (Å²) in [5, 5.41) is 8.99. The lowest BCUT2D eigenvalue weighted by molar-refractivity contribution is -0.137. The zero-order chi connectivity index (χ0) is 12.3. The van der Waals surface area contributed by atoms with Gasteiger partial charge in [0, 0.05) is 0 Å². The molecule has 0 aliphatic carbocycles. The van der Waals surface area contributed by atoms with Crippen molar-refractivity contribution in [1.29, 1.82) is 0 Å². The maximum Gasteiger partial charge on any atom is 0.416 e. The Bertz CT molecular complexity index is 357. The van der Waals surface area contributed by atoms with E-state index in [-0.39, 0.29) is 12.0 Å². The third kappa shape index (κ3) is 3.48. The van der Waals surface area contributed by atoms with Crippen LogP contribution in [0.5, 0.6) is 0 Å². The molecule has 1 atom stereocenters. The van der Waals surface area contributed by atoms with Crippen LogP contribution in [0.2, 0.25) is 0 Å². The molecule has 1 rings (SSSR count). The molecule has 1 unspecified atom stereocenters. The molecule has 0 aromatic heterocycles. The summed E-state index contributed by atoms with van der Waals surface area (Å²) in [5.74, 6) is -0.879. The lowest BCUT2D eigenvalue weighted by Crippen LogP contribution is -2.07. The highest BCUT2D eigenvalue weighted by molar-refractivity contribution is 5.26. The van der Waals surface area contributed by atoms with Gasteiger partial charge < -0.3 is 5.11 Å². The molecule has 1 nitrogen and oxygen atoms in total. The lowest BCUT2D eigenvalue weighted by atomic mass is 10.0. The topological polar surface area (TPSA) is 20.2 Å². The van der Waals surface area contributed by atoms with Crippen LogP contribution in [0, 0.1) is 5.82 Å². The Hall–Kier alpha value is -1.10. The Morgan fingerprint density at radius 2 is 1.94 bits per heavy atom. The third-order valence-corrected chi connectivity index (χ3v) is 2.21. The van der Waals surface area contributed by atoms with Crippen LogP contribution in [0.4, 0.5) is 17.6 Å². The van der Waals surface area contributed by atoms with Crippen LogP contribution in [0.25, 0.3) is 0 Å². The first-order valence-electron chi connectivity index (χ1n) is 4.84. The van der Waals surface area contributed by atoms with Gasteiger partial charge in [0.1, 0.15) is 5.82 Å². The zero-order valence-electron chi connectivity index (χ0n) is 8.68. The predicted molar refractivity (Wildman–Crippen MR) is 51.4 cm³/mol. The second kappa shape index (κ2) is 4.82. The maximum absolute atomic E-state index is 13.2. The molecule has 1 aromatic carbocycles. The molecule has 1 N–H and O–H groups in total. The Morgan fingerprint density at radius 1 is 1.31 bits per heavy atom. The van der Waals surface area contributed by atoms with Gasteiger partial charge in [-0.3, -0.25) is 0 Å². The number of aliphatic hydroxyl groups is 1. The van der Waals surface area contributed by atoms with Crippen molar-refractivity contribution in [3.05, 3.63) is 35.1 Å². The Morgan fingerprint density at radius 3 is 2.38 bits per heavy atom. The van der Waals surface area contributed by atoms with Crippen LogP contribution in [-0.2, 0) is 12.6 Å². The fraction of sp³-hybridized carbons (Fsp3) is 0.455. The Kier molecular flexibility index (Phi) is 3.91. The van der Waals surface area contributed by atoms with Gasteiger partial charge in [-0.1, -0.05) is 6.07 Å². The van der Waals surface area contributed by atoms with Gasteiger partial charge in [-0.05, 0) is 37.5 Å². The molecule has 0 heterocycles. The highest BCUT2D eigenvalue weighted by atomic mass is 19.4. The number of hydrogen-bond acceptors (Lipinski definition) is 1. The summed E-state index contributed by atoms with van der Waals surface area (Å²) in [4.78, 5) is 0. The van der Waals surface area contributed by atoms with Crippen LogP contribution in [0.1, 0.15) is 24.5 Å². The molecule has 0 amide bonds. The largest absolute Gasteiger partial charge is 0.416 e. The Balaban J connectivity index is 2.84. The normalized spacial score (nSPS) is 13.9. The maximum atomic E-state index is 13.2. The molecule has 0 fully saturated rings. The standard InChI is InChI=1S/C11H12F4O/c1-7(16)2-3-8-4-5-9(6-10(8)12)11(13,14)15/h4-7,16H,2-3H2,1H3. The molecule has 0 spiro atoms. The van der Waals surface area contributed by atoms with E-state index in [1.54, 1.807) is 6.92 Å². The average Bonchev–Trinajstić information content (AvgIpc) is 2.14. The minimum absolute atomic E-state index is 0.189. The minimum atomic E-state index is -4.52. The second-order valence-electron chi connectivity index (χ2n) is 3.69. The van der Waals surface area contributed by atoms with Crippen LogP contribution in [-0.4, -0.2) is 11.2 Å². The first kappa shape index (κ1) is 13.0. The number of halogens is 4. The van der Waals surface area contributed by atoms with Crippen molar-refractivity contribution in [1.82, 2.24) is 0 Å². The highest BCUT2D eigenvalue weighted by Gasteiger charge is 2.31. The fourth-order valence-corrected chi connectivity index (χ4v) is 1.29. The smallest absolute Gasteiger partial charge is 0.393 e. The lowest BCUT2D eigenvalue weighted by Gasteiger charge is -2.09. The molecule has 0 saturated carbocycles. The van der Waals surface area contributed by atoms with Gasteiger partial charge in [0.25, 0.3) is 0 Å². The molecule has 5 heteroatoms. The molecule has 0 saturated heterocycles. The van der Waals surface area contributed by atoms with Crippen molar-refractivity contribution in [2.45, 2.75) is 32.0 Å². The highest BCUT2D eigenvalue weighted by Crippen LogP contribution is 2.30. The van der Waals surface area contributed by atoms with Crippen molar-refractivity contribution in [3.8, 4) is 0 Å². The molecule has 1 aromatic rings. The summed E-state index contributed by atoms with van der Waals surface area (Å²) in [7, 11) is 0. The quantitative estimate of drug-likeness (QED) is 0.799. The van der Waals surface area contributed by atoms with Gasteiger partial charge in [-0.2, -0.15) is 13.2 Å². The number of rotatable bonds is 3. The monoisotopic (exact) mass is 236 g/mol. The van der Waals surface area contributed by atoms with Crippen LogP contribution >= 0.6 is 0 Å². The predicted octanol–water partition coefficient (Wildman–Crippen LogP) is 3.16. The summed E-state index contributed by atoms with van der Waals surface area (Å²) in [6.07, 6.45) is -4.57. The molecular weight excluding hydrogens is 224 g/mol. The van der Waals surface area contributed by atoms with Crippen molar-refractivity contribution >= 4 is 0 Å². The summed E-state index contributed by atoms with van der Waals surface area (Å²) in [5.41, 5.74) is -0.806. The van der Waals surface area contributed by atoms with Gasteiger partial charge in [0.05, 0.1) is 11.7 Å². The van der Waals surface area contributed by atoms with E-state index in [0.29, 0.717) is 12.5 Å². The van der Waals surface area contributed by atoms with E-state index in [4.69, 9.17) is 5.11 Å². The van der Waals surface area contributed by atoms with Crippen LogP contribution in [0.15, 0.2) is 18.2 Å². The molecule has 16 heavy (non-hydrogen) atoms. The van der Waals surface area contributed by atoms with Crippen LogP contribution in [0.3, 0.4) is 0 Å². The first-order valence-corrected chi connectivity index (χ1v) is 4.84. The van der Waals surface area contributed by atoms with Gasteiger partial charge in [0.15, 0.2) is 0 Å². The van der Waals surface area contributed by atoms with Gasteiger partial charge in [0.2, 0.25) is 0 Å². The van der Waals surface area contributed by atoms with E-state index in [0.717, 1.165) is 12.1 Å². The van der Waals surface area contributed by atoms with Crippen molar-refractivity contribution in [2.75, 3.05) is 0 Å². The third-order valence-electron chi connectivity index (χ3n) is 2.21. The zero-order valence-corrected chi connectivity index (χ0v) is 8.68. The molecular formula is C11H12F4O. The Labute approximate surface area is 90.7 Å². The number of alkyl halides is 3. The molecule has 90 valence electrons. The number of hydrogen-bond donors (Lipinski definition) is 1. The summed E-state index contributed by atoms with van der Waals surface area (Å²) >= 11 is 0. The first-order chi connectivity index (χ1) is 7.30. The van der Waals surface area contributed by atoms with Crippen molar-refractivity contribution in [2.24, 2.45) is 0 Å². The SMILES string of the molecule is CC(O)CCc1ccc(C(F)(F)F)cc1F.